The molecule has 0 saturated carbocycles. The molecule has 0 aliphatic heterocycles. The Bertz CT molecular complexity index is 1160. The summed E-state index contributed by atoms with van der Waals surface area (Å²) in [5.74, 6) is -1.91. The number of H-pyrrole nitrogens is 1. The van der Waals surface area contributed by atoms with Crippen LogP contribution in [0.2, 0.25) is 5.02 Å². The Hall–Kier alpha value is -3.60. The number of carbonyl (C=O) groups excluding carboxylic acids is 2. The minimum atomic E-state index is -4.56. The molecular formula is C20H16ClF4N5O2. The first-order chi connectivity index (χ1) is 15.0. The van der Waals surface area contributed by atoms with E-state index in [1.54, 1.807) is 6.07 Å². The molecule has 0 atom stereocenters. The molecule has 0 saturated heterocycles. The quantitative estimate of drug-likeness (QED) is 0.390. The summed E-state index contributed by atoms with van der Waals surface area (Å²) in [5, 5.41) is 11.2. The number of alkyl halides is 3. The number of hydrogen-bond acceptors (Lipinski definition) is 4. The topological polar surface area (TPSA) is 113 Å². The molecule has 0 radical (unpaired) electrons. The van der Waals surface area contributed by atoms with Crippen LogP contribution in [0.4, 0.5) is 28.9 Å². The van der Waals surface area contributed by atoms with Gasteiger partial charge in [0.25, 0.3) is 5.91 Å². The molecule has 1 heterocycles. The van der Waals surface area contributed by atoms with Crippen LogP contribution in [0.3, 0.4) is 0 Å². The molecule has 0 aliphatic carbocycles. The first-order valence-electron chi connectivity index (χ1n) is 9.05. The molecule has 7 nitrogen and oxygen atoms in total. The Balaban J connectivity index is 1.67. The molecule has 12 heteroatoms. The number of primary amides is 1. The second kappa shape index (κ2) is 9.27. The maximum absolute atomic E-state index is 14.0. The number of nitrogens with zero attached hydrogens (tertiary/aromatic N) is 1. The number of nitrogens with two attached hydrogens (primary N) is 1. The maximum Gasteiger partial charge on any atom is 0.416 e. The van der Waals surface area contributed by atoms with Crippen molar-refractivity contribution in [3.8, 4) is 0 Å². The largest absolute Gasteiger partial charge is 0.416 e. The summed E-state index contributed by atoms with van der Waals surface area (Å²) in [5.41, 5.74) is 5.46. The molecule has 3 aromatic rings. The third-order valence-electron chi connectivity index (χ3n) is 4.32. The first kappa shape index (κ1) is 23.1. The zero-order valence-corrected chi connectivity index (χ0v) is 16.9. The van der Waals surface area contributed by atoms with Crippen molar-refractivity contribution in [1.82, 2.24) is 10.2 Å². The maximum atomic E-state index is 14.0. The van der Waals surface area contributed by atoms with Gasteiger partial charge in [0.1, 0.15) is 11.5 Å². The number of aromatic amines is 1. The lowest BCUT2D eigenvalue weighted by Gasteiger charge is -2.12. The van der Waals surface area contributed by atoms with E-state index in [-0.39, 0.29) is 29.4 Å². The number of rotatable bonds is 7. The molecular weight excluding hydrogens is 454 g/mol. The van der Waals surface area contributed by atoms with Crippen molar-refractivity contribution in [1.29, 1.82) is 0 Å². The van der Waals surface area contributed by atoms with Gasteiger partial charge in [0.15, 0.2) is 0 Å². The predicted octanol–water partition coefficient (Wildman–Crippen LogP) is 4.11. The Kier molecular flexibility index (Phi) is 6.68. The molecule has 32 heavy (non-hydrogen) atoms. The minimum absolute atomic E-state index is 0.00176. The summed E-state index contributed by atoms with van der Waals surface area (Å²) < 4.78 is 52.2. The average molecular weight is 470 g/mol. The normalized spacial score (nSPS) is 11.3. The van der Waals surface area contributed by atoms with E-state index >= 15 is 0 Å². The van der Waals surface area contributed by atoms with E-state index in [0.29, 0.717) is 22.9 Å². The van der Waals surface area contributed by atoms with Gasteiger partial charge in [-0.2, -0.15) is 18.3 Å². The van der Waals surface area contributed by atoms with Crippen molar-refractivity contribution in [2.24, 2.45) is 5.73 Å². The standard InChI is InChI=1S/C20H16ClF4N5O2/c21-14-7-12(20(23,24)25)1-2-15(14)29-17(31)6-10-3-11(5-13(22)4-10)8-27-16-9-28-30-18(16)19(26)32/h1-5,7,9,27H,6,8H2,(H2,26,32)(H,28,30)(H,29,31). The van der Waals surface area contributed by atoms with Gasteiger partial charge in [-0.3, -0.25) is 14.7 Å². The molecule has 0 fully saturated rings. The first-order valence-corrected chi connectivity index (χ1v) is 9.42. The number of benzene rings is 2. The van der Waals surface area contributed by atoms with E-state index in [1.807, 2.05) is 0 Å². The van der Waals surface area contributed by atoms with Crippen molar-refractivity contribution in [3.05, 3.63) is 75.8 Å². The van der Waals surface area contributed by atoms with Gasteiger partial charge < -0.3 is 16.4 Å². The molecule has 0 aliphatic rings. The van der Waals surface area contributed by atoms with E-state index < -0.39 is 29.4 Å². The Labute approximate surface area is 183 Å². The highest BCUT2D eigenvalue weighted by molar-refractivity contribution is 6.33. The number of anilines is 2. The third-order valence-corrected chi connectivity index (χ3v) is 4.63. The summed E-state index contributed by atoms with van der Waals surface area (Å²) in [7, 11) is 0. The SMILES string of the molecule is NC(=O)c1[nH]ncc1NCc1cc(F)cc(CC(=O)Nc2ccc(C(F)(F)F)cc2Cl)c1. The number of carbonyl (C=O) groups is 2. The zero-order valence-electron chi connectivity index (χ0n) is 16.2. The molecule has 0 unspecified atom stereocenters. The third kappa shape index (κ3) is 5.76. The molecule has 3 rings (SSSR count). The van der Waals surface area contributed by atoms with Gasteiger partial charge in [0.05, 0.1) is 34.6 Å². The molecule has 2 amide bonds. The number of aromatic nitrogens is 2. The number of halogens is 5. The fraction of sp³-hybridized carbons (Fsp3) is 0.150. The number of amides is 2. The zero-order chi connectivity index (χ0) is 23.5. The number of nitrogens with one attached hydrogen (secondary N) is 3. The van der Waals surface area contributed by atoms with Crippen LogP contribution in [-0.4, -0.2) is 22.0 Å². The van der Waals surface area contributed by atoms with Crippen LogP contribution in [0, 0.1) is 5.82 Å². The summed E-state index contributed by atoms with van der Waals surface area (Å²) in [6, 6.07) is 6.51. The summed E-state index contributed by atoms with van der Waals surface area (Å²) in [4.78, 5) is 23.6. The Morgan fingerprint density at radius 2 is 1.81 bits per heavy atom. The summed E-state index contributed by atoms with van der Waals surface area (Å²) in [6.07, 6.45) is -3.46. The van der Waals surface area contributed by atoms with Crippen LogP contribution in [-0.2, 0) is 23.9 Å². The van der Waals surface area contributed by atoms with Gasteiger partial charge in [0, 0.05) is 6.54 Å². The molecule has 1 aromatic heterocycles. The van der Waals surface area contributed by atoms with E-state index in [2.05, 4.69) is 20.8 Å². The van der Waals surface area contributed by atoms with Crippen molar-refractivity contribution in [2.45, 2.75) is 19.1 Å². The second-order valence-corrected chi connectivity index (χ2v) is 7.17. The van der Waals surface area contributed by atoms with Crippen LogP contribution in [0.1, 0.15) is 27.2 Å². The molecule has 0 bridgehead atoms. The lowest BCUT2D eigenvalue weighted by Crippen LogP contribution is -2.16. The highest BCUT2D eigenvalue weighted by Crippen LogP contribution is 2.33. The summed E-state index contributed by atoms with van der Waals surface area (Å²) >= 11 is 5.83. The molecule has 5 N–H and O–H groups in total. The summed E-state index contributed by atoms with van der Waals surface area (Å²) in [6.45, 7) is 0.108. The molecule has 2 aromatic carbocycles. The van der Waals surface area contributed by atoms with Gasteiger partial charge in [-0.05, 0) is 41.5 Å². The van der Waals surface area contributed by atoms with E-state index in [1.165, 1.54) is 12.3 Å². The van der Waals surface area contributed by atoms with E-state index in [0.717, 1.165) is 18.2 Å². The molecule has 0 spiro atoms. The van der Waals surface area contributed by atoms with E-state index in [9.17, 15) is 27.2 Å². The van der Waals surface area contributed by atoms with E-state index in [4.69, 9.17) is 17.3 Å². The Morgan fingerprint density at radius 3 is 2.47 bits per heavy atom. The lowest BCUT2D eigenvalue weighted by atomic mass is 10.1. The fourth-order valence-electron chi connectivity index (χ4n) is 2.90. The van der Waals surface area contributed by atoms with Crippen molar-refractivity contribution >= 4 is 34.8 Å². The van der Waals surface area contributed by atoms with Crippen LogP contribution in [0.25, 0.3) is 0 Å². The second-order valence-electron chi connectivity index (χ2n) is 6.76. The van der Waals surface area contributed by atoms with Gasteiger partial charge in [-0.1, -0.05) is 17.7 Å². The molecule has 168 valence electrons. The fourth-order valence-corrected chi connectivity index (χ4v) is 3.13. The van der Waals surface area contributed by atoms with Gasteiger partial charge >= 0.3 is 6.18 Å². The van der Waals surface area contributed by atoms with Crippen molar-refractivity contribution < 1.29 is 27.2 Å². The van der Waals surface area contributed by atoms with Crippen LogP contribution < -0.4 is 16.4 Å². The van der Waals surface area contributed by atoms with Crippen molar-refractivity contribution in [3.63, 3.8) is 0 Å². The van der Waals surface area contributed by atoms with Gasteiger partial charge in [-0.15, -0.1) is 0 Å². The highest BCUT2D eigenvalue weighted by Gasteiger charge is 2.31. The smallest absolute Gasteiger partial charge is 0.378 e. The predicted molar refractivity (Wildman–Crippen MR) is 110 cm³/mol. The monoisotopic (exact) mass is 469 g/mol. The van der Waals surface area contributed by atoms with Crippen LogP contribution in [0.5, 0.6) is 0 Å². The lowest BCUT2D eigenvalue weighted by molar-refractivity contribution is -0.137. The van der Waals surface area contributed by atoms with Crippen molar-refractivity contribution in [2.75, 3.05) is 10.6 Å². The minimum Gasteiger partial charge on any atom is -0.378 e. The van der Waals surface area contributed by atoms with Gasteiger partial charge in [-0.25, -0.2) is 4.39 Å². The highest BCUT2D eigenvalue weighted by atomic mass is 35.5. The van der Waals surface area contributed by atoms with Crippen LogP contribution in [0.15, 0.2) is 42.6 Å². The van der Waals surface area contributed by atoms with Gasteiger partial charge in [0.2, 0.25) is 5.91 Å². The van der Waals surface area contributed by atoms with Crippen LogP contribution >= 0.6 is 11.6 Å². The average Bonchev–Trinajstić information content (AvgIpc) is 3.15. The Morgan fingerprint density at radius 1 is 1.09 bits per heavy atom. The number of hydrogen-bond donors (Lipinski definition) is 4.